The number of hydrogen-bond acceptors (Lipinski definition) is 6. The van der Waals surface area contributed by atoms with Gasteiger partial charge in [-0.15, -0.1) is 0 Å². The van der Waals surface area contributed by atoms with Crippen molar-refractivity contribution in [3.8, 4) is 0 Å². The van der Waals surface area contributed by atoms with E-state index in [0.717, 1.165) is 7.14 Å². The number of carbonyl (C=O) groups excluding carboxylic acids is 1. The quantitative estimate of drug-likeness (QED) is 0.115. The molecule has 0 amide bonds. The highest BCUT2D eigenvalue weighted by Crippen LogP contribution is 2.62. The van der Waals surface area contributed by atoms with Crippen LogP contribution in [0.4, 0.5) is 65.9 Å². The van der Waals surface area contributed by atoms with Crippen molar-refractivity contribution in [1.29, 1.82) is 0 Å². The van der Waals surface area contributed by atoms with E-state index in [2.05, 4.69) is 0 Å². The highest BCUT2D eigenvalue weighted by Gasteiger charge is 2.93. The van der Waals surface area contributed by atoms with Crippen molar-refractivity contribution in [2.24, 2.45) is 0 Å². The van der Waals surface area contributed by atoms with E-state index < -0.39 is 68.9 Å². The van der Waals surface area contributed by atoms with Gasteiger partial charge in [-0.1, -0.05) is 24.3 Å². The molecule has 0 aliphatic rings. The molecule has 2 heterocycles. The monoisotopic (exact) mass is 930 g/mol. The summed E-state index contributed by atoms with van der Waals surface area (Å²) in [6.45, 7) is 0. The van der Waals surface area contributed by atoms with Crippen molar-refractivity contribution in [2.45, 2.75) is 41.7 Å². The van der Waals surface area contributed by atoms with Gasteiger partial charge in [0, 0.05) is 12.1 Å². The number of carboxylic acids is 1. The third kappa shape index (κ3) is 6.57. The number of halogens is 16. The minimum atomic E-state index is -8.50. The molecule has 6 nitrogen and oxygen atoms in total. The van der Waals surface area contributed by atoms with Gasteiger partial charge in [0.05, 0.1) is 21.5 Å². The zero-order valence-electron chi connectivity index (χ0n) is 26.6. The van der Waals surface area contributed by atoms with Crippen LogP contribution in [0.1, 0.15) is 0 Å². The van der Waals surface area contributed by atoms with Crippen LogP contribution in [0.15, 0.2) is 103 Å². The zero-order valence-corrected chi connectivity index (χ0v) is 28.7. The lowest BCUT2D eigenvalue weighted by Crippen LogP contribution is -3.61. The lowest BCUT2D eigenvalue weighted by atomic mass is 9.91. The molecule has 56 heavy (non-hydrogen) atoms. The first kappa shape index (κ1) is 42.1. The van der Waals surface area contributed by atoms with E-state index in [4.69, 9.17) is 8.83 Å². The predicted molar refractivity (Wildman–Crippen MR) is 158 cm³/mol. The lowest BCUT2D eigenvalue weighted by Gasteiger charge is -2.41. The molecule has 0 atom stereocenters. The molecule has 0 unspecified atom stereocenters. The van der Waals surface area contributed by atoms with Crippen LogP contribution in [0.5, 0.6) is 0 Å². The van der Waals surface area contributed by atoms with Crippen molar-refractivity contribution < 1.29 is 106 Å². The summed E-state index contributed by atoms with van der Waals surface area (Å²) in [5.41, 5.74) is 2.32. The topological polar surface area (TPSA) is 101 Å². The summed E-state index contributed by atoms with van der Waals surface area (Å²) in [7, 11) is 0. The first-order chi connectivity index (χ1) is 25.6. The molecule has 4 aromatic carbocycles. The Kier molecular flexibility index (Phi) is 10.4. The van der Waals surface area contributed by atoms with Gasteiger partial charge in [-0.05, 0) is 48.5 Å². The lowest BCUT2D eigenvalue weighted by molar-refractivity contribution is -0.597. The largest absolute Gasteiger partial charge is 0.544 e. The molecule has 0 bridgehead atoms. The van der Waals surface area contributed by atoms with Crippen LogP contribution in [0.3, 0.4) is 0 Å². The second-order valence-electron chi connectivity index (χ2n) is 11.5. The summed E-state index contributed by atoms with van der Waals surface area (Å²) in [4.78, 5) is 35.5. The average molecular weight is 930 g/mol. The summed E-state index contributed by atoms with van der Waals surface area (Å²) in [6, 6.07) is 26.2. The van der Waals surface area contributed by atoms with Gasteiger partial charge >= 0.3 is 62.9 Å². The molecule has 298 valence electrons. The van der Waals surface area contributed by atoms with Crippen molar-refractivity contribution in [2.75, 3.05) is 0 Å². The molecule has 0 spiro atoms. The zero-order chi connectivity index (χ0) is 42.0. The van der Waals surface area contributed by atoms with Gasteiger partial charge in [0.15, 0.2) is 7.14 Å². The fourth-order valence-corrected chi connectivity index (χ4v) is 7.26. The molecule has 2 aromatic heterocycles. The number of hydrogen-bond donors (Lipinski definition) is 0. The molecule has 0 saturated carbocycles. The fourth-order valence-electron chi connectivity index (χ4n) is 4.89. The van der Waals surface area contributed by atoms with Crippen LogP contribution in [0.2, 0.25) is 0 Å². The van der Waals surface area contributed by atoms with Crippen molar-refractivity contribution >= 4 is 49.8 Å². The second-order valence-corrected chi connectivity index (χ2v) is 14.5. The number of aliphatic carboxylic acids is 1. The molecule has 6 aromatic rings. The molecule has 0 saturated heterocycles. The van der Waals surface area contributed by atoms with Crippen LogP contribution < -0.4 is 37.2 Å². The summed E-state index contributed by atoms with van der Waals surface area (Å²) in [5, 5.41) is 12.0. The molecule has 0 fully saturated rings. The summed E-state index contributed by atoms with van der Waals surface area (Å²) in [5.74, 6) is -53.3. The van der Waals surface area contributed by atoms with E-state index in [0.29, 0.717) is 43.9 Å². The number of carboxylic acid groups (broad SMARTS) is 1. The Morgan fingerprint density at radius 1 is 0.464 bits per heavy atom. The molecular weight excluding hydrogens is 916 g/mol. The summed E-state index contributed by atoms with van der Waals surface area (Å²) < 4.78 is 200. The molecule has 22 heteroatoms. The Morgan fingerprint density at radius 2 is 0.804 bits per heavy atom. The maximum atomic E-state index is 12.9. The third-order valence-electron chi connectivity index (χ3n) is 7.88. The van der Waals surface area contributed by atoms with Crippen LogP contribution in [-0.4, -0.2) is 47.7 Å². The van der Waals surface area contributed by atoms with Gasteiger partial charge in [0.1, 0.15) is 28.3 Å². The standard InChI is InChI=1S/C26H14IO4.C8HF15O2/c28-25-17-5-1-3-7-21(17)30-23-11-9-15(13-19(23)25)27-16-10-12-24-20(14-16)26(29)18-6-2-4-8-22(18)31-24;9-2(10,1(24)25)3(11,12)4(13,14)5(15,16)6(17,18)7(19,20)8(21,22)23/h1-14H;(H,24,25)/q+1;/p-1. The second kappa shape index (κ2) is 13.9. The van der Waals surface area contributed by atoms with E-state index >= 15 is 0 Å². The van der Waals surface area contributed by atoms with E-state index in [9.17, 15) is 85.3 Å². The van der Waals surface area contributed by atoms with Gasteiger partial charge < -0.3 is 18.7 Å². The van der Waals surface area contributed by atoms with Gasteiger partial charge in [-0.2, -0.15) is 65.9 Å². The van der Waals surface area contributed by atoms with Crippen molar-refractivity contribution in [3.05, 3.63) is 113 Å². The van der Waals surface area contributed by atoms with Crippen LogP contribution in [0.25, 0.3) is 43.9 Å². The normalized spacial score (nSPS) is 13.6. The molecule has 0 aliphatic heterocycles. The van der Waals surface area contributed by atoms with E-state index in [1.807, 2.05) is 60.7 Å². The molecule has 0 N–H and O–H groups in total. The first-order valence-corrected chi connectivity index (χ1v) is 16.9. The Hall–Kier alpha value is -5.03. The summed E-state index contributed by atoms with van der Waals surface area (Å²) >= 11 is -0.596. The van der Waals surface area contributed by atoms with E-state index in [1.165, 1.54) is 0 Å². The highest BCUT2D eigenvalue weighted by atomic mass is 127. The van der Waals surface area contributed by atoms with E-state index in [-0.39, 0.29) is 10.9 Å². The molecule has 0 aliphatic carbocycles. The minimum absolute atomic E-state index is 0.0201. The molecule has 0 radical (unpaired) electrons. The Labute approximate surface area is 309 Å². The maximum Gasteiger partial charge on any atom is 0.460 e. The van der Waals surface area contributed by atoms with E-state index in [1.54, 1.807) is 24.3 Å². The molecular formula is C34H14F15IO6. The average Bonchev–Trinajstić information content (AvgIpc) is 3.11. The number of alkyl halides is 15. The van der Waals surface area contributed by atoms with Gasteiger partial charge in [-0.25, -0.2) is 0 Å². The minimum Gasteiger partial charge on any atom is -0.544 e. The maximum absolute atomic E-state index is 12.9. The van der Waals surface area contributed by atoms with Gasteiger partial charge in [0.25, 0.3) is 0 Å². The number of carbonyl (C=O) groups is 1. The summed E-state index contributed by atoms with van der Waals surface area (Å²) in [6.07, 6.45) is -7.71. The van der Waals surface area contributed by atoms with Crippen LogP contribution >= 0.6 is 0 Å². The van der Waals surface area contributed by atoms with Gasteiger partial charge in [0.2, 0.25) is 10.9 Å². The van der Waals surface area contributed by atoms with Crippen LogP contribution in [0, 0.1) is 7.14 Å². The third-order valence-corrected chi connectivity index (χ3v) is 10.5. The number of rotatable bonds is 8. The fraction of sp³-hybridized carbons (Fsp3) is 0.206. The Morgan fingerprint density at radius 3 is 1.18 bits per heavy atom. The SMILES string of the molecule is O=C([O-])C(F)(F)C(F)(F)C(F)(F)C(F)(F)C(F)(F)C(F)(F)C(F)(F)F.O=c1c2ccccc2oc2ccc([I+]c3ccc4oc5ccccc5c(=O)c4c3)cc12. The predicted octanol–water partition coefficient (Wildman–Crippen LogP) is 5.44. The number of benzene rings is 4. The van der Waals surface area contributed by atoms with Crippen molar-refractivity contribution in [3.63, 3.8) is 0 Å². The Balaban J connectivity index is 0.000000221. The Bertz CT molecular complexity index is 2490. The first-order valence-electron chi connectivity index (χ1n) is 14.7. The molecule has 6 rings (SSSR count). The van der Waals surface area contributed by atoms with Gasteiger partial charge in [-0.3, -0.25) is 9.59 Å². The number of fused-ring (bicyclic) bond motifs is 4. The smallest absolute Gasteiger partial charge is 0.460 e. The number of para-hydroxylation sites is 2. The highest BCUT2D eigenvalue weighted by molar-refractivity contribution is 5.90. The van der Waals surface area contributed by atoms with Crippen molar-refractivity contribution in [1.82, 2.24) is 0 Å². The van der Waals surface area contributed by atoms with Crippen LogP contribution in [-0.2, 0) is 4.79 Å².